The van der Waals surface area contributed by atoms with Crippen LogP contribution in [0.4, 0.5) is 10.1 Å². The highest BCUT2D eigenvalue weighted by molar-refractivity contribution is 5.87. The maximum atomic E-state index is 13.7. The highest BCUT2D eigenvalue weighted by Crippen LogP contribution is 2.26. The number of fused-ring (bicyclic) bond motifs is 1. The molecule has 1 aliphatic heterocycles. The zero-order valence-electron chi connectivity index (χ0n) is 11.8. The van der Waals surface area contributed by atoms with Gasteiger partial charge in [-0.15, -0.1) is 0 Å². The maximum absolute atomic E-state index is 13.7. The van der Waals surface area contributed by atoms with Crippen LogP contribution in [0.15, 0.2) is 48.5 Å². The molecule has 0 spiro atoms. The second-order valence-corrected chi connectivity index (χ2v) is 5.34. The summed E-state index contributed by atoms with van der Waals surface area (Å²) in [6.45, 7) is 0.278. The first-order chi connectivity index (χ1) is 10.1. The summed E-state index contributed by atoms with van der Waals surface area (Å²) < 4.78 is 13.7. The average molecular weight is 284 g/mol. The van der Waals surface area contributed by atoms with E-state index in [0.29, 0.717) is 12.0 Å². The van der Waals surface area contributed by atoms with Gasteiger partial charge < -0.3 is 10.2 Å². The van der Waals surface area contributed by atoms with Crippen LogP contribution in [0.3, 0.4) is 0 Å². The topological polar surface area (TPSA) is 32.3 Å². The molecule has 2 aromatic rings. The molecular formula is C17H17FN2O. The second kappa shape index (κ2) is 5.56. The molecule has 1 heterocycles. The summed E-state index contributed by atoms with van der Waals surface area (Å²) in [6, 6.07) is 14.2. The van der Waals surface area contributed by atoms with Gasteiger partial charge in [0, 0.05) is 31.3 Å². The Morgan fingerprint density at radius 3 is 2.71 bits per heavy atom. The van der Waals surface area contributed by atoms with Crippen molar-refractivity contribution in [3.05, 3.63) is 65.5 Å². The molecule has 0 saturated heterocycles. The van der Waals surface area contributed by atoms with E-state index in [1.54, 1.807) is 30.1 Å². The number of rotatable bonds is 3. The molecule has 1 amide bonds. The number of anilines is 1. The van der Waals surface area contributed by atoms with Gasteiger partial charge in [0.25, 0.3) is 0 Å². The van der Waals surface area contributed by atoms with Gasteiger partial charge in [-0.2, -0.15) is 0 Å². The summed E-state index contributed by atoms with van der Waals surface area (Å²) in [5.74, 6) is -0.297. The number of halogens is 1. The number of likely N-dealkylation sites (N-methyl/N-ethyl adjacent to an activating group) is 1. The first-order valence-corrected chi connectivity index (χ1v) is 6.98. The zero-order chi connectivity index (χ0) is 14.8. The van der Waals surface area contributed by atoms with E-state index < -0.39 is 0 Å². The lowest BCUT2D eigenvalue weighted by molar-refractivity contribution is -0.131. The van der Waals surface area contributed by atoms with E-state index >= 15 is 0 Å². The maximum Gasteiger partial charge on any atom is 0.245 e. The number of benzene rings is 2. The summed E-state index contributed by atoms with van der Waals surface area (Å²) in [6.07, 6.45) is 0.677. The Bertz CT molecular complexity index is 646. The third-order valence-corrected chi connectivity index (χ3v) is 3.81. The average Bonchev–Trinajstić information content (AvgIpc) is 2.92. The molecular weight excluding hydrogens is 267 g/mol. The van der Waals surface area contributed by atoms with Gasteiger partial charge in [-0.05, 0) is 17.7 Å². The summed E-state index contributed by atoms with van der Waals surface area (Å²) >= 11 is 0. The van der Waals surface area contributed by atoms with Gasteiger partial charge >= 0.3 is 0 Å². The van der Waals surface area contributed by atoms with Crippen LogP contribution in [0.2, 0.25) is 0 Å². The van der Waals surface area contributed by atoms with Gasteiger partial charge in [0.05, 0.1) is 0 Å². The third kappa shape index (κ3) is 2.75. The van der Waals surface area contributed by atoms with Gasteiger partial charge in [-0.3, -0.25) is 4.79 Å². The molecule has 4 heteroatoms. The third-order valence-electron chi connectivity index (χ3n) is 3.81. The van der Waals surface area contributed by atoms with Crippen molar-refractivity contribution in [3.63, 3.8) is 0 Å². The largest absolute Gasteiger partial charge is 0.373 e. The lowest BCUT2D eigenvalue weighted by atomic mass is 10.1. The van der Waals surface area contributed by atoms with Gasteiger partial charge in [0.2, 0.25) is 5.91 Å². The number of nitrogens with one attached hydrogen (secondary N) is 1. The van der Waals surface area contributed by atoms with Crippen LogP contribution in [-0.2, 0) is 17.8 Å². The number of para-hydroxylation sites is 1. The number of carbonyl (C=O) groups excluding carboxylic acids is 1. The van der Waals surface area contributed by atoms with Gasteiger partial charge in [-0.1, -0.05) is 36.4 Å². The molecule has 0 bridgehead atoms. The van der Waals surface area contributed by atoms with Crippen LogP contribution < -0.4 is 5.32 Å². The summed E-state index contributed by atoms with van der Waals surface area (Å²) in [5, 5.41) is 3.23. The Hall–Kier alpha value is -2.36. The summed E-state index contributed by atoms with van der Waals surface area (Å²) in [5.41, 5.74) is 2.69. The minimum atomic E-state index is -0.278. The first-order valence-electron chi connectivity index (χ1n) is 6.98. The van der Waals surface area contributed by atoms with Gasteiger partial charge in [0.15, 0.2) is 0 Å². The number of nitrogens with zero attached hydrogens (tertiary/aromatic N) is 1. The Labute approximate surface area is 123 Å². The van der Waals surface area contributed by atoms with Crippen molar-refractivity contribution in [2.75, 3.05) is 12.4 Å². The van der Waals surface area contributed by atoms with Gasteiger partial charge in [0.1, 0.15) is 11.9 Å². The van der Waals surface area contributed by atoms with Gasteiger partial charge in [-0.25, -0.2) is 4.39 Å². The number of hydrogen-bond acceptors (Lipinski definition) is 2. The fourth-order valence-electron chi connectivity index (χ4n) is 2.67. The fraction of sp³-hybridized carbons (Fsp3) is 0.235. The number of amides is 1. The molecule has 1 atom stereocenters. The Morgan fingerprint density at radius 2 is 1.95 bits per heavy atom. The normalized spacial score (nSPS) is 16.2. The zero-order valence-corrected chi connectivity index (χ0v) is 11.8. The molecule has 2 aromatic carbocycles. The predicted octanol–water partition coefficient (Wildman–Crippen LogP) is 2.82. The van der Waals surface area contributed by atoms with Crippen LogP contribution in [0, 0.1) is 5.82 Å². The Kier molecular flexibility index (Phi) is 3.60. The molecule has 1 N–H and O–H groups in total. The molecule has 21 heavy (non-hydrogen) atoms. The summed E-state index contributed by atoms with van der Waals surface area (Å²) in [7, 11) is 1.71. The second-order valence-electron chi connectivity index (χ2n) is 5.34. The molecule has 0 saturated carbocycles. The van der Waals surface area contributed by atoms with Crippen molar-refractivity contribution in [3.8, 4) is 0 Å². The van der Waals surface area contributed by atoms with Crippen LogP contribution in [0.1, 0.15) is 11.1 Å². The Morgan fingerprint density at radius 1 is 1.24 bits per heavy atom. The summed E-state index contributed by atoms with van der Waals surface area (Å²) in [4.78, 5) is 14.0. The minimum absolute atomic E-state index is 0.0190. The molecule has 0 radical (unpaired) electrons. The quantitative estimate of drug-likeness (QED) is 0.940. The number of carbonyl (C=O) groups is 1. The van der Waals surface area contributed by atoms with E-state index in [4.69, 9.17) is 0 Å². The van der Waals surface area contributed by atoms with E-state index in [9.17, 15) is 9.18 Å². The number of hydrogen-bond donors (Lipinski definition) is 1. The van der Waals surface area contributed by atoms with E-state index in [0.717, 1.165) is 11.3 Å². The van der Waals surface area contributed by atoms with Crippen LogP contribution in [-0.4, -0.2) is 23.9 Å². The van der Waals surface area contributed by atoms with Crippen molar-refractivity contribution in [1.82, 2.24) is 4.90 Å². The Balaban J connectivity index is 1.68. The standard InChI is InChI=1S/C17H17FN2O/c1-20(11-13-7-2-4-8-14(13)18)17(21)16-10-12-6-3-5-9-15(12)19-16/h2-9,16,19H,10-11H2,1H3/t16-/m0/s1. The highest BCUT2D eigenvalue weighted by Gasteiger charge is 2.28. The molecule has 1 aliphatic rings. The van der Waals surface area contributed by atoms with E-state index in [2.05, 4.69) is 5.32 Å². The predicted molar refractivity (Wildman–Crippen MR) is 80.4 cm³/mol. The van der Waals surface area contributed by atoms with E-state index in [1.807, 2.05) is 24.3 Å². The van der Waals surface area contributed by atoms with E-state index in [1.165, 1.54) is 6.07 Å². The lowest BCUT2D eigenvalue weighted by Gasteiger charge is -2.21. The molecule has 0 unspecified atom stereocenters. The SMILES string of the molecule is CN(Cc1ccccc1F)C(=O)[C@@H]1Cc2ccccc2N1. The molecule has 3 rings (SSSR count). The fourth-order valence-corrected chi connectivity index (χ4v) is 2.67. The molecule has 0 aromatic heterocycles. The van der Waals surface area contributed by atoms with Crippen LogP contribution >= 0.6 is 0 Å². The van der Waals surface area contributed by atoms with Crippen molar-refractivity contribution in [2.45, 2.75) is 19.0 Å². The minimum Gasteiger partial charge on any atom is -0.373 e. The smallest absolute Gasteiger partial charge is 0.245 e. The van der Waals surface area contributed by atoms with Crippen molar-refractivity contribution in [2.24, 2.45) is 0 Å². The van der Waals surface area contributed by atoms with Crippen molar-refractivity contribution in [1.29, 1.82) is 0 Å². The van der Waals surface area contributed by atoms with Crippen molar-refractivity contribution < 1.29 is 9.18 Å². The molecule has 108 valence electrons. The van der Waals surface area contributed by atoms with Crippen LogP contribution in [0.5, 0.6) is 0 Å². The first kappa shape index (κ1) is 13.6. The molecule has 3 nitrogen and oxygen atoms in total. The van der Waals surface area contributed by atoms with Crippen molar-refractivity contribution >= 4 is 11.6 Å². The highest BCUT2D eigenvalue weighted by atomic mass is 19.1. The molecule has 0 aliphatic carbocycles. The lowest BCUT2D eigenvalue weighted by Crippen LogP contribution is -2.39. The monoisotopic (exact) mass is 284 g/mol. The van der Waals surface area contributed by atoms with E-state index in [-0.39, 0.29) is 24.3 Å². The molecule has 0 fully saturated rings. The van der Waals surface area contributed by atoms with Crippen LogP contribution in [0.25, 0.3) is 0 Å².